The molecule has 1 saturated heterocycles. The van der Waals surface area contributed by atoms with E-state index in [2.05, 4.69) is 10.6 Å². The number of hydrogen-bond donors (Lipinski definition) is 2. The highest BCUT2D eigenvalue weighted by Gasteiger charge is 2.28. The Morgan fingerprint density at radius 2 is 1.76 bits per heavy atom. The summed E-state index contributed by atoms with van der Waals surface area (Å²) >= 11 is 1.62. The molecule has 1 aliphatic rings. The van der Waals surface area contributed by atoms with E-state index in [-0.39, 0.29) is 17.9 Å². The number of carbonyl (C=O) groups excluding carboxylic acids is 2. The third-order valence-corrected chi connectivity index (χ3v) is 6.59. The molecule has 3 aromatic rings. The first-order valence-corrected chi connectivity index (χ1v) is 12.1. The van der Waals surface area contributed by atoms with Gasteiger partial charge in [0.15, 0.2) is 0 Å². The van der Waals surface area contributed by atoms with Gasteiger partial charge >= 0.3 is 6.03 Å². The van der Waals surface area contributed by atoms with Gasteiger partial charge in [0.1, 0.15) is 12.4 Å². The average molecular weight is 464 g/mol. The van der Waals surface area contributed by atoms with E-state index in [4.69, 9.17) is 4.74 Å². The number of carbonyl (C=O) groups is 2. The molecule has 172 valence electrons. The Morgan fingerprint density at radius 1 is 0.939 bits per heavy atom. The maximum absolute atomic E-state index is 12.7. The van der Waals surface area contributed by atoms with Crippen LogP contribution >= 0.6 is 11.3 Å². The van der Waals surface area contributed by atoms with Crippen molar-refractivity contribution in [3.8, 4) is 5.75 Å². The molecule has 0 spiro atoms. The molecule has 1 unspecified atom stereocenters. The summed E-state index contributed by atoms with van der Waals surface area (Å²) < 4.78 is 5.82. The van der Waals surface area contributed by atoms with E-state index < -0.39 is 0 Å². The topological polar surface area (TPSA) is 70.7 Å². The number of nitrogens with zero attached hydrogens (tertiary/aromatic N) is 1. The Bertz CT molecular complexity index is 1020. The molecule has 1 aromatic heterocycles. The molecule has 2 heterocycles. The van der Waals surface area contributed by atoms with E-state index in [1.807, 2.05) is 72.1 Å². The van der Waals surface area contributed by atoms with Crippen LogP contribution in [-0.2, 0) is 24.5 Å². The number of rotatable bonds is 8. The van der Waals surface area contributed by atoms with Crippen LogP contribution in [0.5, 0.6) is 5.75 Å². The van der Waals surface area contributed by atoms with E-state index in [9.17, 15) is 9.59 Å². The lowest BCUT2D eigenvalue weighted by Crippen LogP contribution is -2.48. The lowest BCUT2D eigenvalue weighted by molar-refractivity contribution is -0.126. The molecule has 3 amide bonds. The second-order valence-corrected chi connectivity index (χ2v) is 9.19. The van der Waals surface area contributed by atoms with Crippen molar-refractivity contribution in [2.24, 2.45) is 5.92 Å². The van der Waals surface area contributed by atoms with E-state index >= 15 is 0 Å². The number of ether oxygens (including phenoxy) is 1. The summed E-state index contributed by atoms with van der Waals surface area (Å²) in [6.07, 6.45) is 1.63. The van der Waals surface area contributed by atoms with E-state index in [1.54, 1.807) is 16.2 Å². The molecular formula is C26H29N3O3S. The summed E-state index contributed by atoms with van der Waals surface area (Å²) in [6, 6.07) is 21.7. The molecule has 4 rings (SSSR count). The molecule has 2 aromatic carbocycles. The predicted molar refractivity (Wildman–Crippen MR) is 130 cm³/mol. The van der Waals surface area contributed by atoms with Crippen LogP contribution in [0.25, 0.3) is 0 Å². The lowest BCUT2D eigenvalue weighted by atomic mass is 9.97. The summed E-state index contributed by atoms with van der Waals surface area (Å²) in [5.41, 5.74) is 2.13. The number of likely N-dealkylation sites (tertiary alicyclic amines) is 1. The van der Waals surface area contributed by atoms with Gasteiger partial charge in [0.05, 0.1) is 12.5 Å². The number of hydrogen-bond acceptors (Lipinski definition) is 4. The minimum Gasteiger partial charge on any atom is -0.489 e. The van der Waals surface area contributed by atoms with Gasteiger partial charge in [-0.05, 0) is 47.5 Å². The standard InChI is InChI=1S/C26H29N3O3S/c30-25(22-8-4-14-29(18-22)26(31)28-17-24-9-5-15-33-24)27-16-20-10-12-23(13-11-20)32-19-21-6-2-1-3-7-21/h1-3,5-7,9-13,15,22H,4,8,14,16-19H2,(H,27,30)(H,28,31). The molecule has 1 aliphatic heterocycles. The lowest BCUT2D eigenvalue weighted by Gasteiger charge is -2.32. The van der Waals surface area contributed by atoms with Gasteiger partial charge in [-0.15, -0.1) is 11.3 Å². The number of piperidine rings is 1. The highest BCUT2D eigenvalue weighted by molar-refractivity contribution is 7.09. The third kappa shape index (κ3) is 6.83. The van der Waals surface area contributed by atoms with Crippen LogP contribution in [0.4, 0.5) is 4.79 Å². The summed E-state index contributed by atoms with van der Waals surface area (Å²) in [4.78, 5) is 28.1. The zero-order valence-corrected chi connectivity index (χ0v) is 19.4. The predicted octanol–water partition coefficient (Wildman–Crippen LogP) is 4.57. The molecule has 6 nitrogen and oxygen atoms in total. The third-order valence-electron chi connectivity index (χ3n) is 5.71. The quantitative estimate of drug-likeness (QED) is 0.514. The van der Waals surface area contributed by atoms with Crippen LogP contribution in [-0.4, -0.2) is 29.9 Å². The van der Waals surface area contributed by atoms with Crippen molar-refractivity contribution in [3.05, 3.63) is 88.1 Å². The first-order valence-electron chi connectivity index (χ1n) is 11.3. The maximum atomic E-state index is 12.7. The smallest absolute Gasteiger partial charge is 0.317 e. The average Bonchev–Trinajstić information content (AvgIpc) is 3.40. The van der Waals surface area contributed by atoms with Crippen LogP contribution in [0.1, 0.15) is 28.8 Å². The number of nitrogens with one attached hydrogen (secondary N) is 2. The van der Waals surface area contributed by atoms with Crippen molar-refractivity contribution in [2.45, 2.75) is 32.5 Å². The van der Waals surface area contributed by atoms with Gasteiger partial charge in [-0.25, -0.2) is 4.79 Å². The van der Waals surface area contributed by atoms with E-state index in [1.165, 1.54) is 0 Å². The minimum atomic E-state index is -0.181. The molecule has 7 heteroatoms. The Hall–Kier alpha value is -3.32. The Balaban J connectivity index is 1.20. The molecule has 2 N–H and O–H groups in total. The molecule has 0 saturated carbocycles. The molecular weight excluding hydrogens is 434 g/mol. The molecule has 0 radical (unpaired) electrons. The highest BCUT2D eigenvalue weighted by Crippen LogP contribution is 2.18. The van der Waals surface area contributed by atoms with E-state index in [0.717, 1.165) is 34.6 Å². The van der Waals surface area contributed by atoms with Crippen molar-refractivity contribution < 1.29 is 14.3 Å². The molecule has 1 atom stereocenters. The van der Waals surface area contributed by atoms with Crippen molar-refractivity contribution in [2.75, 3.05) is 13.1 Å². The van der Waals surface area contributed by atoms with Crippen LogP contribution < -0.4 is 15.4 Å². The summed E-state index contributed by atoms with van der Waals surface area (Å²) in [5.74, 6) is 0.611. The summed E-state index contributed by atoms with van der Waals surface area (Å²) in [6.45, 7) is 2.64. The zero-order valence-electron chi connectivity index (χ0n) is 18.5. The first-order chi connectivity index (χ1) is 16.2. The van der Waals surface area contributed by atoms with E-state index in [0.29, 0.717) is 32.8 Å². The summed E-state index contributed by atoms with van der Waals surface area (Å²) in [5, 5.41) is 7.97. The molecule has 1 fully saturated rings. The van der Waals surface area contributed by atoms with Crippen LogP contribution in [0, 0.1) is 5.92 Å². The van der Waals surface area contributed by atoms with Gasteiger partial charge in [-0.1, -0.05) is 48.5 Å². The number of urea groups is 1. The van der Waals surface area contributed by atoms with Crippen molar-refractivity contribution in [3.63, 3.8) is 0 Å². The number of benzene rings is 2. The first kappa shape index (κ1) is 22.9. The second kappa shape index (κ2) is 11.5. The van der Waals surface area contributed by atoms with Crippen molar-refractivity contribution in [1.82, 2.24) is 15.5 Å². The van der Waals surface area contributed by atoms with Crippen molar-refractivity contribution >= 4 is 23.3 Å². The molecule has 0 bridgehead atoms. The zero-order chi connectivity index (χ0) is 22.9. The summed E-state index contributed by atoms with van der Waals surface area (Å²) in [7, 11) is 0. The van der Waals surface area contributed by atoms with Crippen LogP contribution in [0.15, 0.2) is 72.1 Å². The SMILES string of the molecule is O=C(NCc1ccc(OCc2ccccc2)cc1)C1CCCN(C(=O)NCc2cccs2)C1. The van der Waals surface area contributed by atoms with Crippen LogP contribution in [0.3, 0.4) is 0 Å². The Morgan fingerprint density at radius 3 is 2.52 bits per heavy atom. The largest absolute Gasteiger partial charge is 0.489 e. The Labute approximate surface area is 198 Å². The number of thiophene rings is 1. The maximum Gasteiger partial charge on any atom is 0.317 e. The fraction of sp³-hybridized carbons (Fsp3) is 0.308. The van der Waals surface area contributed by atoms with Crippen molar-refractivity contribution in [1.29, 1.82) is 0 Å². The monoisotopic (exact) mass is 463 g/mol. The van der Waals surface area contributed by atoms with Gasteiger partial charge in [0.25, 0.3) is 0 Å². The Kier molecular flexibility index (Phi) is 7.98. The fourth-order valence-corrected chi connectivity index (χ4v) is 4.49. The molecule has 33 heavy (non-hydrogen) atoms. The minimum absolute atomic E-state index is 0.00448. The van der Waals surface area contributed by atoms with Gasteiger partial charge in [-0.3, -0.25) is 4.79 Å². The molecule has 0 aliphatic carbocycles. The van der Waals surface area contributed by atoms with Gasteiger partial charge in [0.2, 0.25) is 5.91 Å². The van der Waals surface area contributed by atoms with Gasteiger partial charge < -0.3 is 20.3 Å². The normalized spacial score (nSPS) is 15.6. The van der Waals surface area contributed by atoms with Gasteiger partial charge in [0, 0.05) is 24.5 Å². The highest BCUT2D eigenvalue weighted by atomic mass is 32.1. The van der Waals surface area contributed by atoms with Crippen LogP contribution in [0.2, 0.25) is 0 Å². The fourth-order valence-electron chi connectivity index (χ4n) is 3.84. The van der Waals surface area contributed by atoms with Gasteiger partial charge in [-0.2, -0.15) is 0 Å². The second-order valence-electron chi connectivity index (χ2n) is 8.16. The number of amides is 3.